The van der Waals surface area contributed by atoms with Crippen LogP contribution in [0.5, 0.6) is 6.01 Å². The van der Waals surface area contributed by atoms with Crippen LogP contribution in [0.1, 0.15) is 68.4 Å². The van der Waals surface area contributed by atoms with Gasteiger partial charge in [-0.05, 0) is 49.8 Å². The van der Waals surface area contributed by atoms with Crippen LogP contribution in [0.25, 0.3) is 5.70 Å². The van der Waals surface area contributed by atoms with Gasteiger partial charge in [-0.3, -0.25) is 9.59 Å². The van der Waals surface area contributed by atoms with E-state index in [2.05, 4.69) is 9.97 Å². The number of aromatic nitrogens is 3. The van der Waals surface area contributed by atoms with Crippen LogP contribution in [0.15, 0.2) is 30.1 Å². The summed E-state index contributed by atoms with van der Waals surface area (Å²) >= 11 is 0. The first kappa shape index (κ1) is 26.3. The summed E-state index contributed by atoms with van der Waals surface area (Å²) in [6.45, 7) is 2.36. The molecule has 1 atom stereocenters. The van der Waals surface area contributed by atoms with Gasteiger partial charge in [0.1, 0.15) is 6.61 Å². The van der Waals surface area contributed by atoms with Gasteiger partial charge in [0.05, 0.1) is 34.2 Å². The fourth-order valence-electron chi connectivity index (χ4n) is 4.72. The van der Waals surface area contributed by atoms with Crippen molar-refractivity contribution in [2.24, 2.45) is 17.5 Å². The molecular weight excluding hydrogens is 474 g/mol. The molecule has 2 aromatic rings. The van der Waals surface area contributed by atoms with E-state index in [9.17, 15) is 14.7 Å². The first-order valence-corrected chi connectivity index (χ1v) is 12.7. The maximum Gasteiger partial charge on any atom is 0.316 e. The normalized spacial score (nSPS) is 18.7. The number of aryl methyl sites for hydroxylation is 1. The number of hydrogen-bond acceptors (Lipinski definition) is 9. The van der Waals surface area contributed by atoms with Crippen LogP contribution in [-0.2, 0) is 16.0 Å². The number of carbonyl (C=O) groups is 2. The number of likely N-dealkylation sites (N-methyl/N-ethyl adjacent to an activating group) is 1. The van der Waals surface area contributed by atoms with E-state index in [1.807, 2.05) is 19.1 Å². The van der Waals surface area contributed by atoms with E-state index >= 15 is 0 Å². The smallest absolute Gasteiger partial charge is 0.316 e. The lowest BCUT2D eigenvalue weighted by Gasteiger charge is -2.33. The predicted molar refractivity (Wildman–Crippen MR) is 138 cm³/mol. The minimum absolute atomic E-state index is 0.0330. The molecule has 37 heavy (non-hydrogen) atoms. The van der Waals surface area contributed by atoms with E-state index in [0.29, 0.717) is 60.2 Å². The second-order valence-corrected chi connectivity index (χ2v) is 9.67. The number of nitrogens with two attached hydrogens (primary N) is 2. The number of hydrogen-bond donors (Lipinski definition) is 3. The van der Waals surface area contributed by atoms with Gasteiger partial charge in [-0.1, -0.05) is 13.3 Å². The van der Waals surface area contributed by atoms with Crippen molar-refractivity contribution in [3.05, 3.63) is 47.2 Å². The molecule has 1 unspecified atom stereocenters. The topological polar surface area (TPSA) is 161 Å². The Morgan fingerprint density at radius 2 is 2.03 bits per heavy atom. The van der Waals surface area contributed by atoms with Crippen LogP contribution in [0.4, 0.5) is 5.69 Å². The fraction of sp³-hybridized carbons (Fsp3) is 0.500. The van der Waals surface area contributed by atoms with Crippen molar-refractivity contribution >= 4 is 23.3 Å². The molecule has 3 heterocycles. The number of nitrogens with zero attached hydrogens (tertiary/aromatic N) is 5. The molecule has 1 saturated heterocycles. The Kier molecular flexibility index (Phi) is 8.22. The lowest BCUT2D eigenvalue weighted by molar-refractivity contribution is -0.138. The zero-order chi connectivity index (χ0) is 26.5. The van der Waals surface area contributed by atoms with Crippen molar-refractivity contribution in [2.45, 2.75) is 57.8 Å². The van der Waals surface area contributed by atoms with Gasteiger partial charge in [-0.2, -0.15) is 4.98 Å². The minimum atomic E-state index is -0.859. The molecule has 0 spiro atoms. The Balaban J connectivity index is 1.55. The number of aliphatic carboxylic acids is 1. The molecule has 0 bridgehead atoms. The second-order valence-electron chi connectivity index (χ2n) is 9.67. The number of hydrazine groups is 1. The Morgan fingerprint density at radius 1 is 1.24 bits per heavy atom. The molecule has 2 fully saturated rings. The van der Waals surface area contributed by atoms with Crippen molar-refractivity contribution in [1.29, 1.82) is 0 Å². The SMILES string of the molecule is CCc1nc(/C(N)=C(\COc2nccc(C3CCC3)n2)N(C)N)ccc1N1CC(CC(=O)O)CCC1=O. The molecule has 11 heteroatoms. The van der Waals surface area contributed by atoms with Gasteiger partial charge in [0.2, 0.25) is 5.91 Å². The number of carboxylic acid groups (broad SMARTS) is 1. The molecule has 2 aromatic heterocycles. The van der Waals surface area contributed by atoms with Gasteiger partial charge >= 0.3 is 12.0 Å². The average molecular weight is 510 g/mol. The quantitative estimate of drug-likeness (QED) is 0.320. The number of carboxylic acids is 1. The van der Waals surface area contributed by atoms with Crippen molar-refractivity contribution in [3.8, 4) is 6.01 Å². The van der Waals surface area contributed by atoms with Crippen LogP contribution < -0.4 is 21.2 Å². The molecule has 0 radical (unpaired) electrons. The molecule has 11 nitrogen and oxygen atoms in total. The summed E-state index contributed by atoms with van der Waals surface area (Å²) in [6.07, 6.45) is 6.66. The zero-order valence-electron chi connectivity index (χ0n) is 21.4. The molecule has 1 saturated carbocycles. The van der Waals surface area contributed by atoms with Gasteiger partial charge in [0.25, 0.3) is 0 Å². The van der Waals surface area contributed by atoms with Crippen LogP contribution >= 0.6 is 0 Å². The van der Waals surface area contributed by atoms with Crippen molar-refractivity contribution in [3.63, 3.8) is 0 Å². The summed E-state index contributed by atoms with van der Waals surface area (Å²) in [6, 6.07) is 5.75. The zero-order valence-corrected chi connectivity index (χ0v) is 21.4. The molecule has 0 aromatic carbocycles. The van der Waals surface area contributed by atoms with Crippen LogP contribution in [0.3, 0.4) is 0 Å². The van der Waals surface area contributed by atoms with Crippen molar-refractivity contribution in [2.75, 3.05) is 25.1 Å². The Labute approximate surface area is 216 Å². The van der Waals surface area contributed by atoms with Gasteiger partial charge in [0, 0.05) is 38.5 Å². The summed E-state index contributed by atoms with van der Waals surface area (Å²) in [5, 5.41) is 10.6. The Hall–Kier alpha value is -3.73. The van der Waals surface area contributed by atoms with Crippen LogP contribution in [-0.4, -0.2) is 57.1 Å². The van der Waals surface area contributed by atoms with Crippen molar-refractivity contribution < 1.29 is 19.4 Å². The first-order chi connectivity index (χ1) is 17.8. The number of ether oxygens (including phenoxy) is 1. The minimum Gasteiger partial charge on any atom is -0.481 e. The summed E-state index contributed by atoms with van der Waals surface area (Å²) < 4.78 is 5.85. The molecule has 2 aliphatic rings. The predicted octanol–water partition coefficient (Wildman–Crippen LogP) is 2.43. The maximum absolute atomic E-state index is 12.7. The van der Waals surface area contributed by atoms with Gasteiger partial charge in [-0.25, -0.2) is 15.8 Å². The van der Waals surface area contributed by atoms with E-state index in [1.165, 1.54) is 11.4 Å². The van der Waals surface area contributed by atoms with Crippen molar-refractivity contribution in [1.82, 2.24) is 20.0 Å². The van der Waals surface area contributed by atoms with E-state index in [4.69, 9.17) is 21.3 Å². The number of pyridine rings is 1. The summed E-state index contributed by atoms with van der Waals surface area (Å²) in [5.41, 5.74) is 10.2. The fourth-order valence-corrected chi connectivity index (χ4v) is 4.72. The van der Waals surface area contributed by atoms with Gasteiger partial charge in [0.15, 0.2) is 0 Å². The van der Waals surface area contributed by atoms with Gasteiger partial charge < -0.3 is 25.5 Å². The lowest BCUT2D eigenvalue weighted by atomic mass is 9.83. The van der Waals surface area contributed by atoms with E-state index < -0.39 is 5.97 Å². The summed E-state index contributed by atoms with van der Waals surface area (Å²) in [5.74, 6) is 5.56. The van der Waals surface area contributed by atoms with Crippen LogP contribution in [0, 0.1) is 5.92 Å². The standard InChI is InChI=1S/C26H35N7O4/c1-3-18-21(33-14-16(13-24(35)36)7-10-23(33)34)9-8-20(30-18)25(27)22(32(2)28)15-37-26-29-12-11-19(31-26)17-5-4-6-17/h8-9,11-12,16-17H,3-7,10,13-15,27-28H2,1-2H3,(H,35,36)/b25-22-. The summed E-state index contributed by atoms with van der Waals surface area (Å²) in [4.78, 5) is 39.0. The number of amides is 1. The maximum atomic E-state index is 12.7. The highest BCUT2D eigenvalue weighted by atomic mass is 16.5. The number of rotatable bonds is 10. The summed E-state index contributed by atoms with van der Waals surface area (Å²) in [7, 11) is 1.67. The largest absolute Gasteiger partial charge is 0.481 e. The number of carbonyl (C=O) groups excluding carboxylic acids is 1. The van der Waals surface area contributed by atoms with E-state index in [-0.39, 0.29) is 30.9 Å². The molecule has 198 valence electrons. The highest BCUT2D eigenvalue weighted by molar-refractivity contribution is 5.95. The monoisotopic (exact) mass is 509 g/mol. The molecule has 1 aliphatic carbocycles. The second kappa shape index (κ2) is 11.5. The average Bonchev–Trinajstić information content (AvgIpc) is 2.83. The van der Waals surface area contributed by atoms with Gasteiger partial charge in [-0.15, -0.1) is 0 Å². The lowest BCUT2D eigenvalue weighted by Crippen LogP contribution is -2.41. The molecule has 1 aliphatic heterocycles. The highest BCUT2D eigenvalue weighted by Crippen LogP contribution is 2.35. The highest BCUT2D eigenvalue weighted by Gasteiger charge is 2.30. The third kappa shape index (κ3) is 6.16. The third-order valence-electron chi connectivity index (χ3n) is 7.08. The molecule has 4 rings (SSSR count). The molecule has 5 N–H and O–H groups in total. The molecule has 1 amide bonds. The number of piperidine rings is 1. The van der Waals surface area contributed by atoms with Crippen LogP contribution in [0.2, 0.25) is 0 Å². The van der Waals surface area contributed by atoms with E-state index in [0.717, 1.165) is 18.5 Å². The first-order valence-electron chi connectivity index (χ1n) is 12.7. The third-order valence-corrected chi connectivity index (χ3v) is 7.08. The number of anilines is 1. The molecular formula is C26H35N7O4. The Morgan fingerprint density at radius 3 is 2.68 bits per heavy atom. The van der Waals surface area contributed by atoms with E-state index in [1.54, 1.807) is 24.2 Å². The Bertz CT molecular complexity index is 1180.